The summed E-state index contributed by atoms with van der Waals surface area (Å²) in [6.45, 7) is 0.182. The number of nitrogens with one attached hydrogen (secondary N) is 3. The summed E-state index contributed by atoms with van der Waals surface area (Å²) in [5.74, 6) is -0.957. The number of benzene rings is 1. The van der Waals surface area contributed by atoms with Crippen LogP contribution in [0.3, 0.4) is 0 Å². The lowest BCUT2D eigenvalue weighted by Gasteiger charge is -2.07. The van der Waals surface area contributed by atoms with Crippen LogP contribution in [0.25, 0.3) is 0 Å². The second kappa shape index (κ2) is 5.26. The quantitative estimate of drug-likeness (QED) is 0.782. The number of H-pyrrole nitrogens is 1. The van der Waals surface area contributed by atoms with Gasteiger partial charge in [-0.2, -0.15) is 0 Å². The molecule has 0 aliphatic carbocycles. The first-order valence-corrected chi connectivity index (χ1v) is 5.13. The highest BCUT2D eigenvalue weighted by atomic mass is 19.1. The largest absolute Gasteiger partial charge is 0.347 e. The Hall–Kier alpha value is -2.44. The average Bonchev–Trinajstić information content (AvgIpc) is 2.83. The van der Waals surface area contributed by atoms with E-state index in [4.69, 9.17) is 0 Å². The molecule has 7 heteroatoms. The second-order valence-corrected chi connectivity index (χ2v) is 3.47. The van der Waals surface area contributed by atoms with Crippen LogP contribution in [0.2, 0.25) is 0 Å². The highest BCUT2D eigenvalue weighted by Crippen LogP contribution is 2.14. The third-order valence-electron chi connectivity index (χ3n) is 2.15. The van der Waals surface area contributed by atoms with Crippen molar-refractivity contribution < 1.29 is 13.6 Å². The predicted molar refractivity (Wildman–Crippen MR) is 60.8 cm³/mol. The molecule has 0 aliphatic rings. The van der Waals surface area contributed by atoms with Gasteiger partial charge in [-0.05, 0) is 12.1 Å². The van der Waals surface area contributed by atoms with Crippen molar-refractivity contribution >= 4 is 11.7 Å². The van der Waals surface area contributed by atoms with Gasteiger partial charge < -0.3 is 15.6 Å². The maximum Gasteiger partial charge on any atom is 0.319 e. The van der Waals surface area contributed by atoms with E-state index in [0.717, 1.165) is 12.1 Å². The van der Waals surface area contributed by atoms with Gasteiger partial charge in [-0.3, -0.25) is 0 Å². The molecule has 1 aromatic carbocycles. The fourth-order valence-electron chi connectivity index (χ4n) is 1.32. The molecule has 2 amide bonds. The molecule has 94 valence electrons. The normalized spacial score (nSPS) is 10.1. The summed E-state index contributed by atoms with van der Waals surface area (Å²) in [7, 11) is 0. The van der Waals surface area contributed by atoms with E-state index in [1.807, 2.05) is 0 Å². The molecule has 0 saturated carbocycles. The summed E-state index contributed by atoms with van der Waals surface area (Å²) < 4.78 is 25.9. The SMILES string of the molecule is O=C(NCc1ncc[nH]1)Nc1ccc(F)cc1F. The molecule has 5 nitrogen and oxygen atoms in total. The molecule has 18 heavy (non-hydrogen) atoms. The van der Waals surface area contributed by atoms with Gasteiger partial charge >= 0.3 is 6.03 Å². The molecule has 0 spiro atoms. The van der Waals surface area contributed by atoms with Crippen molar-refractivity contribution in [2.75, 3.05) is 5.32 Å². The van der Waals surface area contributed by atoms with E-state index in [0.29, 0.717) is 11.9 Å². The van der Waals surface area contributed by atoms with Gasteiger partial charge in [-0.1, -0.05) is 0 Å². The molecule has 1 aromatic heterocycles. The highest BCUT2D eigenvalue weighted by Gasteiger charge is 2.07. The zero-order valence-corrected chi connectivity index (χ0v) is 9.21. The number of halogens is 2. The Bertz CT molecular complexity index is 542. The number of amides is 2. The molecular weight excluding hydrogens is 242 g/mol. The van der Waals surface area contributed by atoms with Crippen LogP contribution in [-0.4, -0.2) is 16.0 Å². The number of carbonyl (C=O) groups is 1. The first kappa shape index (κ1) is 12.0. The lowest BCUT2D eigenvalue weighted by atomic mass is 10.3. The van der Waals surface area contributed by atoms with Gasteiger partial charge in [0.25, 0.3) is 0 Å². The Morgan fingerprint density at radius 2 is 2.22 bits per heavy atom. The standard InChI is InChI=1S/C11H10F2N4O/c12-7-1-2-9(8(13)5-7)17-11(18)16-6-10-14-3-4-15-10/h1-5H,6H2,(H,14,15)(H2,16,17,18). The summed E-state index contributed by atoms with van der Waals surface area (Å²) in [4.78, 5) is 18.1. The minimum atomic E-state index is -0.830. The maximum atomic E-state index is 13.2. The van der Waals surface area contributed by atoms with E-state index in [9.17, 15) is 13.6 Å². The molecule has 2 aromatic rings. The summed E-state index contributed by atoms with van der Waals surface area (Å²) in [5.41, 5.74) is -0.0895. The Morgan fingerprint density at radius 3 is 2.89 bits per heavy atom. The first-order valence-electron chi connectivity index (χ1n) is 5.13. The van der Waals surface area contributed by atoms with E-state index in [1.54, 1.807) is 12.4 Å². The van der Waals surface area contributed by atoms with Crippen molar-refractivity contribution in [3.63, 3.8) is 0 Å². The highest BCUT2D eigenvalue weighted by molar-refractivity contribution is 5.89. The molecule has 0 atom stereocenters. The molecule has 0 unspecified atom stereocenters. The third-order valence-corrected chi connectivity index (χ3v) is 2.15. The van der Waals surface area contributed by atoms with E-state index in [1.165, 1.54) is 0 Å². The first-order chi connectivity index (χ1) is 8.65. The van der Waals surface area contributed by atoms with E-state index in [-0.39, 0.29) is 12.2 Å². The summed E-state index contributed by atoms with van der Waals surface area (Å²) in [6.07, 6.45) is 3.17. The Balaban J connectivity index is 1.91. The van der Waals surface area contributed by atoms with Gasteiger partial charge in [0, 0.05) is 18.5 Å². The molecule has 0 saturated heterocycles. The fraction of sp³-hybridized carbons (Fsp3) is 0.0909. The Kier molecular flexibility index (Phi) is 3.52. The number of urea groups is 1. The number of anilines is 1. The van der Waals surface area contributed by atoms with Crippen LogP contribution in [-0.2, 0) is 6.54 Å². The number of rotatable bonds is 3. The average molecular weight is 252 g/mol. The minimum Gasteiger partial charge on any atom is -0.347 e. The molecular formula is C11H10F2N4O. The summed E-state index contributed by atoms with van der Waals surface area (Å²) >= 11 is 0. The number of aromatic amines is 1. The zero-order valence-electron chi connectivity index (χ0n) is 9.21. The van der Waals surface area contributed by atoms with Crippen LogP contribution in [0, 0.1) is 11.6 Å². The van der Waals surface area contributed by atoms with Gasteiger partial charge in [0.1, 0.15) is 17.5 Å². The molecule has 0 aliphatic heterocycles. The molecule has 0 fully saturated rings. The van der Waals surface area contributed by atoms with Crippen molar-refractivity contribution in [1.82, 2.24) is 15.3 Å². The monoisotopic (exact) mass is 252 g/mol. The van der Waals surface area contributed by atoms with Crippen LogP contribution in [0.5, 0.6) is 0 Å². The van der Waals surface area contributed by atoms with Gasteiger partial charge in [-0.25, -0.2) is 18.6 Å². The van der Waals surface area contributed by atoms with Crippen LogP contribution < -0.4 is 10.6 Å². The zero-order chi connectivity index (χ0) is 13.0. The van der Waals surface area contributed by atoms with Gasteiger partial charge in [0.2, 0.25) is 0 Å². The number of nitrogens with zero attached hydrogens (tertiary/aromatic N) is 1. The van der Waals surface area contributed by atoms with Crippen LogP contribution in [0.4, 0.5) is 19.3 Å². The molecule has 0 bridgehead atoms. The van der Waals surface area contributed by atoms with Crippen molar-refractivity contribution in [3.05, 3.63) is 48.1 Å². The Labute approximate surface area is 101 Å². The van der Waals surface area contributed by atoms with Crippen molar-refractivity contribution in [1.29, 1.82) is 0 Å². The lowest BCUT2D eigenvalue weighted by molar-refractivity contribution is 0.251. The van der Waals surface area contributed by atoms with Gasteiger partial charge in [0.05, 0.1) is 12.2 Å². The number of hydrogen-bond acceptors (Lipinski definition) is 2. The van der Waals surface area contributed by atoms with E-state index < -0.39 is 17.7 Å². The van der Waals surface area contributed by atoms with Crippen molar-refractivity contribution in [2.24, 2.45) is 0 Å². The third kappa shape index (κ3) is 3.03. The smallest absolute Gasteiger partial charge is 0.319 e. The van der Waals surface area contributed by atoms with Crippen molar-refractivity contribution in [2.45, 2.75) is 6.54 Å². The fourth-order valence-corrected chi connectivity index (χ4v) is 1.32. The second-order valence-electron chi connectivity index (χ2n) is 3.47. The predicted octanol–water partition coefficient (Wildman–Crippen LogP) is 2.01. The molecule has 0 radical (unpaired) electrons. The number of hydrogen-bond donors (Lipinski definition) is 3. The molecule has 2 rings (SSSR count). The molecule has 1 heterocycles. The topological polar surface area (TPSA) is 69.8 Å². The van der Waals surface area contributed by atoms with Crippen LogP contribution in [0.15, 0.2) is 30.6 Å². The lowest BCUT2D eigenvalue weighted by Crippen LogP contribution is -2.29. The van der Waals surface area contributed by atoms with E-state index >= 15 is 0 Å². The van der Waals surface area contributed by atoms with Crippen molar-refractivity contribution in [3.8, 4) is 0 Å². The maximum absolute atomic E-state index is 13.2. The summed E-state index contributed by atoms with van der Waals surface area (Å²) in [6, 6.07) is 2.31. The van der Waals surface area contributed by atoms with Crippen LogP contribution >= 0.6 is 0 Å². The number of aromatic nitrogens is 2. The van der Waals surface area contributed by atoms with E-state index in [2.05, 4.69) is 20.6 Å². The minimum absolute atomic E-state index is 0.0895. The number of carbonyl (C=O) groups excluding carboxylic acids is 1. The number of imidazole rings is 1. The van der Waals surface area contributed by atoms with Crippen LogP contribution in [0.1, 0.15) is 5.82 Å². The van der Waals surface area contributed by atoms with Gasteiger partial charge in [-0.15, -0.1) is 0 Å². The summed E-state index contributed by atoms with van der Waals surface area (Å²) in [5, 5.41) is 4.74. The Morgan fingerprint density at radius 1 is 1.39 bits per heavy atom. The van der Waals surface area contributed by atoms with Gasteiger partial charge in [0.15, 0.2) is 0 Å². The molecule has 3 N–H and O–H groups in total.